The van der Waals surface area contributed by atoms with Gasteiger partial charge in [0.15, 0.2) is 11.6 Å². The van der Waals surface area contributed by atoms with Gasteiger partial charge in [0.2, 0.25) is 0 Å². The molecule has 0 unspecified atom stereocenters. The zero-order valence-corrected chi connectivity index (χ0v) is 13.8. The Bertz CT molecular complexity index is 447. The third-order valence-corrected chi connectivity index (χ3v) is 4.88. The fraction of sp³-hybridized carbons (Fsp3) is 0.684. The van der Waals surface area contributed by atoms with Gasteiger partial charge in [-0.25, -0.2) is 4.39 Å². The summed E-state index contributed by atoms with van der Waals surface area (Å²) in [6, 6.07) is 3.93. The molecule has 0 saturated heterocycles. The average Bonchev–Trinajstić information content (AvgIpc) is 2.50. The predicted octanol–water partition coefficient (Wildman–Crippen LogP) is 5.86. The number of rotatable bonds is 6. The fourth-order valence-corrected chi connectivity index (χ4v) is 3.79. The SMILES string of the molecule is CCCC1CCC(c2ccc(OCC)c(F)c2CC)CC1. The van der Waals surface area contributed by atoms with Gasteiger partial charge in [-0.05, 0) is 68.1 Å². The third kappa shape index (κ3) is 3.78. The Balaban J connectivity index is 2.15. The lowest BCUT2D eigenvalue weighted by molar-refractivity contribution is 0.304. The maximum absolute atomic E-state index is 14.5. The summed E-state index contributed by atoms with van der Waals surface area (Å²) in [6.45, 7) is 6.72. The van der Waals surface area contributed by atoms with Crippen LogP contribution in [0, 0.1) is 11.7 Å². The Hall–Kier alpha value is -1.05. The normalized spacial score (nSPS) is 22.3. The molecule has 0 atom stereocenters. The quantitative estimate of drug-likeness (QED) is 0.638. The summed E-state index contributed by atoms with van der Waals surface area (Å²) in [5.41, 5.74) is 2.10. The van der Waals surface area contributed by atoms with Crippen LogP contribution in [0.2, 0.25) is 0 Å². The Morgan fingerprint density at radius 2 is 1.81 bits per heavy atom. The molecular formula is C19H29FO. The summed E-state index contributed by atoms with van der Waals surface area (Å²) in [5.74, 6) is 1.72. The molecule has 0 heterocycles. The molecule has 118 valence electrons. The predicted molar refractivity (Wildman–Crippen MR) is 86.6 cm³/mol. The minimum Gasteiger partial charge on any atom is -0.491 e. The van der Waals surface area contributed by atoms with Crippen molar-refractivity contribution in [2.45, 2.75) is 71.6 Å². The van der Waals surface area contributed by atoms with Gasteiger partial charge < -0.3 is 4.74 Å². The first kappa shape index (κ1) is 16.3. The standard InChI is InChI=1S/C19H29FO/c1-4-7-14-8-10-15(11-9-14)17-12-13-18(21-6-3)19(20)16(17)5-2/h12-15H,4-11H2,1-3H3. The smallest absolute Gasteiger partial charge is 0.168 e. The lowest BCUT2D eigenvalue weighted by Gasteiger charge is -2.30. The molecule has 0 bridgehead atoms. The van der Waals surface area contributed by atoms with E-state index < -0.39 is 0 Å². The third-order valence-electron chi connectivity index (χ3n) is 4.88. The number of ether oxygens (including phenoxy) is 1. The molecule has 1 nitrogen and oxygen atoms in total. The van der Waals surface area contributed by atoms with Crippen LogP contribution in [0.3, 0.4) is 0 Å². The molecule has 1 aromatic rings. The van der Waals surface area contributed by atoms with E-state index in [4.69, 9.17) is 4.74 Å². The molecular weight excluding hydrogens is 263 g/mol. The molecule has 0 aliphatic heterocycles. The number of halogens is 1. The van der Waals surface area contributed by atoms with Crippen molar-refractivity contribution < 1.29 is 9.13 Å². The maximum atomic E-state index is 14.5. The molecule has 2 heteroatoms. The van der Waals surface area contributed by atoms with Crippen molar-refractivity contribution in [1.29, 1.82) is 0 Å². The molecule has 2 rings (SSSR count). The lowest BCUT2D eigenvalue weighted by Crippen LogP contribution is -2.15. The summed E-state index contributed by atoms with van der Waals surface area (Å²) in [5, 5.41) is 0. The number of hydrogen-bond acceptors (Lipinski definition) is 1. The molecule has 1 aromatic carbocycles. The van der Waals surface area contributed by atoms with Crippen LogP contribution in [0.4, 0.5) is 4.39 Å². The van der Waals surface area contributed by atoms with E-state index in [1.807, 2.05) is 19.9 Å². The Kier molecular flexibility index (Phi) is 6.08. The minimum atomic E-state index is -0.132. The van der Waals surface area contributed by atoms with Crippen LogP contribution in [0.25, 0.3) is 0 Å². The highest BCUT2D eigenvalue weighted by atomic mass is 19.1. The van der Waals surface area contributed by atoms with Crippen LogP contribution >= 0.6 is 0 Å². The van der Waals surface area contributed by atoms with Crippen molar-refractivity contribution in [1.82, 2.24) is 0 Å². The Morgan fingerprint density at radius 1 is 1.10 bits per heavy atom. The van der Waals surface area contributed by atoms with Crippen LogP contribution in [-0.2, 0) is 6.42 Å². The van der Waals surface area contributed by atoms with Crippen molar-refractivity contribution in [2.75, 3.05) is 6.61 Å². The van der Waals surface area contributed by atoms with Gasteiger partial charge in [-0.2, -0.15) is 0 Å². The van der Waals surface area contributed by atoms with Gasteiger partial charge >= 0.3 is 0 Å². The molecule has 1 aliphatic rings. The molecule has 1 saturated carbocycles. The van der Waals surface area contributed by atoms with Crippen LogP contribution in [0.15, 0.2) is 12.1 Å². The second-order valence-corrected chi connectivity index (χ2v) is 6.24. The van der Waals surface area contributed by atoms with Crippen LogP contribution < -0.4 is 4.74 Å². The topological polar surface area (TPSA) is 9.23 Å². The molecule has 21 heavy (non-hydrogen) atoms. The summed E-state index contributed by atoms with van der Waals surface area (Å²) in [4.78, 5) is 0. The zero-order chi connectivity index (χ0) is 15.2. The second kappa shape index (κ2) is 7.82. The van der Waals surface area contributed by atoms with Crippen molar-refractivity contribution in [3.63, 3.8) is 0 Å². The summed E-state index contributed by atoms with van der Waals surface area (Å²) in [6.07, 6.45) is 8.42. The highest BCUT2D eigenvalue weighted by Gasteiger charge is 2.25. The largest absolute Gasteiger partial charge is 0.491 e. The fourth-order valence-electron chi connectivity index (χ4n) is 3.79. The Labute approximate surface area is 128 Å². The van der Waals surface area contributed by atoms with E-state index in [1.165, 1.54) is 44.1 Å². The first-order chi connectivity index (χ1) is 10.2. The average molecular weight is 292 g/mol. The van der Waals surface area contributed by atoms with Crippen molar-refractivity contribution in [2.24, 2.45) is 5.92 Å². The molecule has 1 aliphatic carbocycles. The summed E-state index contributed by atoms with van der Waals surface area (Å²) in [7, 11) is 0. The molecule has 0 N–H and O–H groups in total. The molecule has 0 aromatic heterocycles. The van der Waals surface area contributed by atoms with Crippen LogP contribution in [0.5, 0.6) is 5.75 Å². The maximum Gasteiger partial charge on any atom is 0.168 e. The zero-order valence-electron chi connectivity index (χ0n) is 13.8. The van der Waals surface area contributed by atoms with Crippen molar-refractivity contribution >= 4 is 0 Å². The van der Waals surface area contributed by atoms with E-state index in [0.717, 1.165) is 17.9 Å². The van der Waals surface area contributed by atoms with E-state index in [9.17, 15) is 4.39 Å². The Morgan fingerprint density at radius 3 is 2.38 bits per heavy atom. The minimum absolute atomic E-state index is 0.132. The summed E-state index contributed by atoms with van der Waals surface area (Å²) < 4.78 is 19.9. The van der Waals surface area contributed by atoms with E-state index in [-0.39, 0.29) is 5.82 Å². The van der Waals surface area contributed by atoms with Crippen molar-refractivity contribution in [3.8, 4) is 5.75 Å². The van der Waals surface area contributed by atoms with Gasteiger partial charge in [0.1, 0.15) is 0 Å². The van der Waals surface area contributed by atoms with Gasteiger partial charge in [-0.1, -0.05) is 32.8 Å². The first-order valence-corrected chi connectivity index (χ1v) is 8.65. The van der Waals surface area contributed by atoms with Gasteiger partial charge in [-0.3, -0.25) is 0 Å². The molecule has 0 amide bonds. The van der Waals surface area contributed by atoms with Gasteiger partial charge in [0, 0.05) is 0 Å². The monoisotopic (exact) mass is 292 g/mol. The first-order valence-electron chi connectivity index (χ1n) is 8.65. The van der Waals surface area contributed by atoms with E-state index >= 15 is 0 Å². The highest BCUT2D eigenvalue weighted by molar-refractivity contribution is 5.40. The molecule has 0 spiro atoms. The second-order valence-electron chi connectivity index (χ2n) is 6.24. The number of benzene rings is 1. The highest BCUT2D eigenvalue weighted by Crippen LogP contribution is 2.40. The van der Waals surface area contributed by atoms with E-state index in [1.54, 1.807) is 0 Å². The van der Waals surface area contributed by atoms with Crippen LogP contribution in [-0.4, -0.2) is 6.61 Å². The van der Waals surface area contributed by atoms with E-state index in [0.29, 0.717) is 18.3 Å². The van der Waals surface area contributed by atoms with E-state index in [2.05, 4.69) is 13.0 Å². The van der Waals surface area contributed by atoms with Gasteiger partial charge in [-0.15, -0.1) is 0 Å². The lowest BCUT2D eigenvalue weighted by atomic mass is 9.76. The summed E-state index contributed by atoms with van der Waals surface area (Å²) >= 11 is 0. The molecule has 1 fully saturated rings. The molecule has 0 radical (unpaired) electrons. The van der Waals surface area contributed by atoms with Crippen LogP contribution in [0.1, 0.15) is 76.3 Å². The van der Waals surface area contributed by atoms with Gasteiger partial charge in [0.25, 0.3) is 0 Å². The van der Waals surface area contributed by atoms with Gasteiger partial charge in [0.05, 0.1) is 6.61 Å². The number of hydrogen-bond donors (Lipinski definition) is 0. The van der Waals surface area contributed by atoms with Crippen molar-refractivity contribution in [3.05, 3.63) is 29.1 Å².